The fourth-order valence-corrected chi connectivity index (χ4v) is 3.48. The molecule has 1 heterocycles. The Bertz CT molecular complexity index is 265. The molecule has 0 aromatic rings. The highest BCUT2D eigenvalue weighted by Gasteiger charge is 2.26. The van der Waals surface area contributed by atoms with Gasteiger partial charge in [0.05, 0.1) is 0 Å². The zero-order chi connectivity index (χ0) is 14.4. The number of hydrogen-bond donors (Lipinski definition) is 1. The molecule has 0 aromatic heterocycles. The lowest BCUT2D eigenvalue weighted by Gasteiger charge is -2.29. The second-order valence-corrected chi connectivity index (χ2v) is 8.12. The van der Waals surface area contributed by atoms with Gasteiger partial charge in [-0.1, -0.05) is 27.2 Å². The van der Waals surface area contributed by atoms with E-state index in [9.17, 15) is 0 Å². The van der Waals surface area contributed by atoms with Gasteiger partial charge < -0.3 is 10.2 Å². The van der Waals surface area contributed by atoms with Crippen molar-refractivity contribution in [2.24, 2.45) is 11.3 Å². The van der Waals surface area contributed by atoms with Crippen LogP contribution in [0.4, 0.5) is 0 Å². The molecule has 1 atom stereocenters. The van der Waals surface area contributed by atoms with E-state index in [0.717, 1.165) is 12.0 Å². The smallest absolute Gasteiger partial charge is 0.00682 e. The fraction of sp³-hybridized carbons (Fsp3) is 1.00. The summed E-state index contributed by atoms with van der Waals surface area (Å²) in [6, 6.07) is 0.884. The monoisotopic (exact) mass is 280 g/mol. The molecule has 0 amide bonds. The molecule has 2 aliphatic rings. The van der Waals surface area contributed by atoms with Gasteiger partial charge in [-0.25, -0.2) is 0 Å². The summed E-state index contributed by atoms with van der Waals surface area (Å²) in [6.45, 7) is 12.5. The standard InChI is InChI=1S/C18H36N2/c1-18(2,3)16-8-7-14-20(15-11-16)13-6-4-5-12-19-17-9-10-17/h16-17,19H,4-15H2,1-3H3. The molecule has 2 fully saturated rings. The molecule has 1 aliphatic carbocycles. The zero-order valence-electron chi connectivity index (χ0n) is 14.1. The lowest BCUT2D eigenvalue weighted by atomic mass is 9.77. The Morgan fingerprint density at radius 2 is 1.75 bits per heavy atom. The van der Waals surface area contributed by atoms with Gasteiger partial charge in [0.2, 0.25) is 0 Å². The third kappa shape index (κ3) is 6.13. The molecule has 1 N–H and O–H groups in total. The molecule has 0 bridgehead atoms. The Morgan fingerprint density at radius 1 is 0.950 bits per heavy atom. The summed E-state index contributed by atoms with van der Waals surface area (Å²) < 4.78 is 0. The Balaban J connectivity index is 1.52. The maximum absolute atomic E-state index is 3.61. The van der Waals surface area contributed by atoms with Gasteiger partial charge in [-0.3, -0.25) is 0 Å². The summed E-state index contributed by atoms with van der Waals surface area (Å²) in [5.74, 6) is 0.926. The largest absolute Gasteiger partial charge is 0.314 e. The number of likely N-dealkylation sites (tertiary alicyclic amines) is 1. The van der Waals surface area contributed by atoms with Gasteiger partial charge in [0.15, 0.2) is 0 Å². The van der Waals surface area contributed by atoms with E-state index in [2.05, 4.69) is 31.0 Å². The van der Waals surface area contributed by atoms with Gasteiger partial charge in [-0.15, -0.1) is 0 Å². The predicted octanol–water partition coefficient (Wildman–Crippen LogP) is 4.06. The molecular formula is C18H36N2. The highest BCUT2D eigenvalue weighted by atomic mass is 15.1. The summed E-state index contributed by atoms with van der Waals surface area (Å²) in [5, 5.41) is 3.61. The third-order valence-electron chi connectivity index (χ3n) is 5.21. The molecule has 2 heteroatoms. The van der Waals surface area contributed by atoms with E-state index in [0.29, 0.717) is 5.41 Å². The Morgan fingerprint density at radius 3 is 2.45 bits per heavy atom. The van der Waals surface area contributed by atoms with Gasteiger partial charge in [-0.05, 0) is 82.5 Å². The van der Waals surface area contributed by atoms with Crippen molar-refractivity contribution in [2.75, 3.05) is 26.2 Å². The summed E-state index contributed by atoms with van der Waals surface area (Å²) >= 11 is 0. The van der Waals surface area contributed by atoms with E-state index in [4.69, 9.17) is 0 Å². The molecule has 0 radical (unpaired) electrons. The zero-order valence-corrected chi connectivity index (χ0v) is 14.1. The molecule has 118 valence electrons. The number of hydrogen-bond acceptors (Lipinski definition) is 2. The van der Waals surface area contributed by atoms with Crippen LogP contribution in [0.2, 0.25) is 0 Å². The summed E-state index contributed by atoms with van der Waals surface area (Å²) in [7, 11) is 0. The van der Waals surface area contributed by atoms with Crippen molar-refractivity contribution in [1.29, 1.82) is 0 Å². The Labute approximate surface area is 126 Å². The quantitative estimate of drug-likeness (QED) is 0.708. The van der Waals surface area contributed by atoms with Crippen LogP contribution < -0.4 is 5.32 Å². The van der Waals surface area contributed by atoms with Gasteiger partial charge in [0, 0.05) is 6.04 Å². The summed E-state index contributed by atoms with van der Waals surface area (Å²) in [4.78, 5) is 2.72. The van der Waals surface area contributed by atoms with Gasteiger partial charge in [0.25, 0.3) is 0 Å². The lowest BCUT2D eigenvalue weighted by molar-refractivity contribution is 0.207. The molecular weight excluding hydrogens is 244 g/mol. The molecule has 20 heavy (non-hydrogen) atoms. The molecule has 1 aliphatic heterocycles. The molecule has 1 unspecified atom stereocenters. The lowest BCUT2D eigenvalue weighted by Crippen LogP contribution is -2.27. The number of unbranched alkanes of at least 4 members (excludes halogenated alkanes) is 2. The average Bonchev–Trinajstić information content (AvgIpc) is 3.19. The minimum Gasteiger partial charge on any atom is -0.314 e. The van der Waals surface area contributed by atoms with Gasteiger partial charge in [0.1, 0.15) is 0 Å². The average molecular weight is 280 g/mol. The van der Waals surface area contributed by atoms with Crippen molar-refractivity contribution in [3.05, 3.63) is 0 Å². The van der Waals surface area contributed by atoms with Crippen molar-refractivity contribution < 1.29 is 0 Å². The first-order valence-corrected chi connectivity index (χ1v) is 9.01. The van der Waals surface area contributed by atoms with E-state index < -0.39 is 0 Å². The highest BCUT2D eigenvalue weighted by Crippen LogP contribution is 2.34. The van der Waals surface area contributed by atoms with Crippen molar-refractivity contribution in [3.8, 4) is 0 Å². The fourth-order valence-electron chi connectivity index (χ4n) is 3.48. The van der Waals surface area contributed by atoms with Crippen LogP contribution in [0, 0.1) is 11.3 Å². The van der Waals surface area contributed by atoms with Crippen molar-refractivity contribution >= 4 is 0 Å². The molecule has 1 saturated heterocycles. The third-order valence-corrected chi connectivity index (χ3v) is 5.21. The molecule has 2 nitrogen and oxygen atoms in total. The van der Waals surface area contributed by atoms with E-state index in [-0.39, 0.29) is 0 Å². The van der Waals surface area contributed by atoms with Crippen molar-refractivity contribution in [2.45, 2.75) is 78.2 Å². The minimum atomic E-state index is 0.504. The molecule has 0 aromatic carbocycles. The van der Waals surface area contributed by atoms with Crippen LogP contribution in [0.3, 0.4) is 0 Å². The first-order valence-electron chi connectivity index (χ1n) is 9.01. The van der Waals surface area contributed by atoms with E-state index in [1.165, 1.54) is 77.5 Å². The first-order chi connectivity index (χ1) is 9.55. The maximum Gasteiger partial charge on any atom is 0.00682 e. The Kier molecular flexibility index (Phi) is 6.35. The molecule has 1 saturated carbocycles. The van der Waals surface area contributed by atoms with E-state index in [1.807, 2.05) is 0 Å². The van der Waals surface area contributed by atoms with Crippen molar-refractivity contribution in [3.63, 3.8) is 0 Å². The van der Waals surface area contributed by atoms with Crippen molar-refractivity contribution in [1.82, 2.24) is 10.2 Å². The Hall–Kier alpha value is -0.0800. The predicted molar refractivity (Wildman–Crippen MR) is 88.1 cm³/mol. The molecule has 2 rings (SSSR count). The SMILES string of the molecule is CC(C)(C)C1CCCN(CCCCCNC2CC2)CC1. The van der Waals surface area contributed by atoms with Crippen LogP contribution in [0.25, 0.3) is 0 Å². The minimum absolute atomic E-state index is 0.504. The number of nitrogens with one attached hydrogen (secondary N) is 1. The van der Waals surface area contributed by atoms with Crippen LogP contribution in [0.15, 0.2) is 0 Å². The second kappa shape index (κ2) is 7.79. The number of nitrogens with zero attached hydrogens (tertiary/aromatic N) is 1. The second-order valence-electron chi connectivity index (χ2n) is 8.12. The number of rotatable bonds is 7. The molecule has 0 spiro atoms. The normalized spacial score (nSPS) is 25.6. The maximum atomic E-state index is 3.61. The van der Waals surface area contributed by atoms with E-state index >= 15 is 0 Å². The van der Waals surface area contributed by atoms with E-state index in [1.54, 1.807) is 0 Å². The van der Waals surface area contributed by atoms with Crippen LogP contribution in [0.1, 0.15) is 72.1 Å². The first kappa shape index (κ1) is 16.3. The van der Waals surface area contributed by atoms with Gasteiger partial charge in [-0.2, -0.15) is 0 Å². The van der Waals surface area contributed by atoms with Crippen LogP contribution in [0.5, 0.6) is 0 Å². The summed E-state index contributed by atoms with van der Waals surface area (Å²) in [5.41, 5.74) is 0.504. The summed E-state index contributed by atoms with van der Waals surface area (Å²) in [6.07, 6.45) is 11.3. The van der Waals surface area contributed by atoms with Crippen LogP contribution in [-0.2, 0) is 0 Å². The van der Waals surface area contributed by atoms with Crippen LogP contribution in [-0.4, -0.2) is 37.1 Å². The van der Waals surface area contributed by atoms with Crippen LogP contribution >= 0.6 is 0 Å². The highest BCUT2D eigenvalue weighted by molar-refractivity contribution is 4.80. The topological polar surface area (TPSA) is 15.3 Å². The van der Waals surface area contributed by atoms with Gasteiger partial charge >= 0.3 is 0 Å².